The third kappa shape index (κ3) is 3.54. The second kappa shape index (κ2) is 6.51. The van der Waals surface area contributed by atoms with Crippen molar-refractivity contribution in [1.29, 1.82) is 0 Å². The molecule has 0 aliphatic heterocycles. The Labute approximate surface area is 106 Å². The topological polar surface area (TPSA) is 65.3 Å². The van der Waals surface area contributed by atoms with Crippen LogP contribution in [0.4, 0.5) is 0 Å². The summed E-state index contributed by atoms with van der Waals surface area (Å²) < 4.78 is 7.80. The number of nitrogens with zero attached hydrogens (tertiary/aromatic N) is 2. The van der Waals surface area contributed by atoms with Crippen LogP contribution in [0.2, 0.25) is 0 Å². The molecule has 0 fully saturated rings. The van der Waals surface area contributed by atoms with Gasteiger partial charge in [-0.2, -0.15) is 0 Å². The van der Waals surface area contributed by atoms with E-state index in [4.69, 9.17) is 4.74 Å². The summed E-state index contributed by atoms with van der Waals surface area (Å²) in [6.07, 6.45) is 1.57. The van der Waals surface area contributed by atoms with Gasteiger partial charge >= 0.3 is 5.69 Å². The largest absolute Gasteiger partial charge is 0.380 e. The van der Waals surface area contributed by atoms with Gasteiger partial charge in [0.25, 0.3) is 5.56 Å². The number of aromatic nitrogens is 2. The van der Waals surface area contributed by atoms with Crippen molar-refractivity contribution in [3.8, 4) is 0 Å². The van der Waals surface area contributed by atoms with Gasteiger partial charge in [-0.1, -0.05) is 0 Å². The van der Waals surface area contributed by atoms with Gasteiger partial charge in [0.2, 0.25) is 0 Å². The molecular formula is C12H21N3O3. The number of hydrogen-bond donors (Lipinski definition) is 1. The quantitative estimate of drug-likeness (QED) is 0.751. The summed E-state index contributed by atoms with van der Waals surface area (Å²) in [7, 11) is 3.12. The molecule has 1 rings (SSSR count). The van der Waals surface area contributed by atoms with Crippen molar-refractivity contribution in [3.63, 3.8) is 0 Å². The highest BCUT2D eigenvalue weighted by atomic mass is 16.5. The van der Waals surface area contributed by atoms with Crippen LogP contribution >= 0.6 is 0 Å². The molecule has 0 saturated heterocycles. The maximum atomic E-state index is 11.8. The Kier molecular flexibility index (Phi) is 5.30. The van der Waals surface area contributed by atoms with Crippen molar-refractivity contribution in [1.82, 2.24) is 14.5 Å². The Morgan fingerprint density at radius 1 is 1.39 bits per heavy atom. The van der Waals surface area contributed by atoms with Gasteiger partial charge in [-0.05, 0) is 13.8 Å². The van der Waals surface area contributed by atoms with Crippen molar-refractivity contribution in [2.24, 2.45) is 14.1 Å². The van der Waals surface area contributed by atoms with Gasteiger partial charge in [0, 0.05) is 45.0 Å². The third-order valence-corrected chi connectivity index (χ3v) is 2.73. The van der Waals surface area contributed by atoms with Crippen molar-refractivity contribution in [3.05, 3.63) is 32.6 Å². The standard InChI is InChI=1S/C12H21N3O3/c1-5-18-8-9(2)13-6-10-7-14(3)12(17)15(4)11(10)16/h7,9,13H,5-6,8H2,1-4H3. The van der Waals surface area contributed by atoms with Gasteiger partial charge in [-0.25, -0.2) is 4.79 Å². The van der Waals surface area contributed by atoms with Crippen molar-refractivity contribution in [2.75, 3.05) is 13.2 Å². The van der Waals surface area contributed by atoms with Crippen LogP contribution in [0.25, 0.3) is 0 Å². The second-order valence-corrected chi connectivity index (χ2v) is 4.35. The SMILES string of the molecule is CCOCC(C)NCc1cn(C)c(=O)n(C)c1=O. The zero-order valence-electron chi connectivity index (χ0n) is 11.4. The van der Waals surface area contributed by atoms with Gasteiger partial charge in [-0.15, -0.1) is 0 Å². The van der Waals surface area contributed by atoms with Crippen LogP contribution in [0.5, 0.6) is 0 Å². The molecule has 0 aromatic carbocycles. The average molecular weight is 255 g/mol. The summed E-state index contributed by atoms with van der Waals surface area (Å²) >= 11 is 0. The molecular weight excluding hydrogens is 234 g/mol. The predicted molar refractivity (Wildman–Crippen MR) is 69.7 cm³/mol. The van der Waals surface area contributed by atoms with Crippen molar-refractivity contribution < 1.29 is 4.74 Å². The normalized spacial score (nSPS) is 12.7. The van der Waals surface area contributed by atoms with Gasteiger partial charge in [0.15, 0.2) is 0 Å². The molecule has 1 aromatic heterocycles. The van der Waals surface area contributed by atoms with Gasteiger partial charge < -0.3 is 14.6 Å². The summed E-state index contributed by atoms with van der Waals surface area (Å²) in [6.45, 7) is 5.63. The van der Waals surface area contributed by atoms with E-state index in [9.17, 15) is 9.59 Å². The van der Waals surface area contributed by atoms with E-state index in [0.717, 1.165) is 4.57 Å². The molecule has 0 bridgehead atoms. The summed E-state index contributed by atoms with van der Waals surface area (Å²) in [5.74, 6) is 0. The Hall–Kier alpha value is -1.40. The van der Waals surface area contributed by atoms with Gasteiger partial charge in [0.1, 0.15) is 0 Å². The first-order chi connectivity index (χ1) is 8.47. The van der Waals surface area contributed by atoms with Crippen LogP contribution in [0, 0.1) is 0 Å². The highest BCUT2D eigenvalue weighted by Gasteiger charge is 2.08. The first-order valence-electron chi connectivity index (χ1n) is 6.04. The smallest absolute Gasteiger partial charge is 0.330 e. The Morgan fingerprint density at radius 2 is 2.06 bits per heavy atom. The molecule has 0 saturated carbocycles. The molecule has 1 N–H and O–H groups in total. The highest BCUT2D eigenvalue weighted by Crippen LogP contribution is 1.91. The Bertz CT molecular complexity index is 504. The summed E-state index contributed by atoms with van der Waals surface area (Å²) in [5.41, 5.74) is 0.00303. The fourth-order valence-corrected chi connectivity index (χ4v) is 1.64. The third-order valence-electron chi connectivity index (χ3n) is 2.73. The van der Waals surface area contributed by atoms with Crippen LogP contribution < -0.4 is 16.6 Å². The maximum absolute atomic E-state index is 11.8. The fraction of sp³-hybridized carbons (Fsp3) is 0.667. The first kappa shape index (κ1) is 14.7. The molecule has 0 aliphatic carbocycles. The van der Waals surface area contributed by atoms with Gasteiger partial charge in [0.05, 0.1) is 6.61 Å². The van der Waals surface area contributed by atoms with E-state index in [2.05, 4.69) is 5.32 Å². The van der Waals surface area contributed by atoms with E-state index < -0.39 is 0 Å². The van der Waals surface area contributed by atoms with E-state index in [1.165, 1.54) is 11.6 Å². The average Bonchev–Trinajstić information content (AvgIpc) is 2.36. The Balaban J connectivity index is 2.74. The van der Waals surface area contributed by atoms with Crippen LogP contribution in [0.15, 0.2) is 15.8 Å². The van der Waals surface area contributed by atoms with E-state index in [1.807, 2.05) is 13.8 Å². The number of ether oxygens (including phenoxy) is 1. The summed E-state index contributed by atoms with van der Waals surface area (Å²) in [4.78, 5) is 23.4. The Morgan fingerprint density at radius 3 is 2.67 bits per heavy atom. The van der Waals surface area contributed by atoms with Gasteiger partial charge in [-0.3, -0.25) is 9.36 Å². The maximum Gasteiger partial charge on any atom is 0.330 e. The number of aryl methyl sites for hydroxylation is 1. The molecule has 6 heteroatoms. The molecule has 6 nitrogen and oxygen atoms in total. The lowest BCUT2D eigenvalue weighted by atomic mass is 10.3. The minimum atomic E-state index is -0.314. The summed E-state index contributed by atoms with van der Waals surface area (Å²) in [6, 6.07) is 0.159. The minimum Gasteiger partial charge on any atom is -0.380 e. The van der Waals surface area contributed by atoms with Crippen molar-refractivity contribution in [2.45, 2.75) is 26.4 Å². The lowest BCUT2D eigenvalue weighted by Gasteiger charge is -2.14. The van der Waals surface area contributed by atoms with Crippen LogP contribution in [0.1, 0.15) is 19.4 Å². The molecule has 1 heterocycles. The lowest BCUT2D eigenvalue weighted by Crippen LogP contribution is -2.40. The predicted octanol–water partition coefficient (Wildman–Crippen LogP) is -0.401. The zero-order valence-corrected chi connectivity index (χ0v) is 11.4. The summed E-state index contributed by atoms with van der Waals surface area (Å²) in [5, 5.41) is 3.19. The molecule has 0 aliphatic rings. The number of rotatable bonds is 6. The molecule has 0 spiro atoms. The molecule has 1 aromatic rings. The monoisotopic (exact) mass is 255 g/mol. The fourth-order valence-electron chi connectivity index (χ4n) is 1.64. The van der Waals surface area contributed by atoms with E-state index in [1.54, 1.807) is 13.2 Å². The number of hydrogen-bond acceptors (Lipinski definition) is 4. The zero-order chi connectivity index (χ0) is 13.7. The number of nitrogens with one attached hydrogen (secondary N) is 1. The van der Waals surface area contributed by atoms with Crippen LogP contribution in [-0.4, -0.2) is 28.4 Å². The highest BCUT2D eigenvalue weighted by molar-refractivity contribution is 5.05. The molecule has 1 unspecified atom stereocenters. The minimum absolute atomic E-state index is 0.159. The molecule has 102 valence electrons. The second-order valence-electron chi connectivity index (χ2n) is 4.35. The van der Waals surface area contributed by atoms with E-state index in [-0.39, 0.29) is 17.3 Å². The van der Waals surface area contributed by atoms with E-state index in [0.29, 0.717) is 25.3 Å². The van der Waals surface area contributed by atoms with E-state index >= 15 is 0 Å². The van der Waals surface area contributed by atoms with Crippen LogP contribution in [0.3, 0.4) is 0 Å². The molecule has 18 heavy (non-hydrogen) atoms. The van der Waals surface area contributed by atoms with Crippen molar-refractivity contribution >= 4 is 0 Å². The van der Waals surface area contributed by atoms with Crippen LogP contribution in [-0.2, 0) is 25.4 Å². The molecule has 1 atom stereocenters. The first-order valence-corrected chi connectivity index (χ1v) is 6.04. The molecule has 0 radical (unpaired) electrons. The lowest BCUT2D eigenvalue weighted by molar-refractivity contribution is 0.127. The molecule has 0 amide bonds.